The SMILES string of the molecule is Cc1c(OC2CCN(C(=O)OC(C)(C)C)CC2)ccc(N)c1CC(O)/C=C/c1cccc(C#N)c1. The second-order valence-corrected chi connectivity index (χ2v) is 9.91. The van der Waals surface area contributed by atoms with Crippen molar-refractivity contribution in [2.75, 3.05) is 18.8 Å². The first-order valence-corrected chi connectivity index (χ1v) is 11.9. The van der Waals surface area contributed by atoms with Gasteiger partial charge in [0.2, 0.25) is 0 Å². The molecule has 1 unspecified atom stereocenters. The molecule has 1 amide bonds. The van der Waals surface area contributed by atoms with Gasteiger partial charge in [0.1, 0.15) is 17.5 Å². The molecular weight excluding hydrogens is 442 g/mol. The van der Waals surface area contributed by atoms with Crippen molar-refractivity contribution >= 4 is 17.9 Å². The molecule has 3 rings (SSSR count). The van der Waals surface area contributed by atoms with E-state index in [1.807, 2.05) is 45.9 Å². The van der Waals surface area contributed by atoms with E-state index in [-0.39, 0.29) is 12.2 Å². The van der Waals surface area contributed by atoms with Gasteiger partial charge in [0.05, 0.1) is 17.7 Å². The zero-order chi connectivity index (χ0) is 25.6. The summed E-state index contributed by atoms with van der Waals surface area (Å²) >= 11 is 0. The maximum Gasteiger partial charge on any atom is 0.410 e. The Kier molecular flexibility index (Phi) is 8.42. The molecule has 1 aliphatic heterocycles. The molecule has 0 bridgehead atoms. The number of anilines is 1. The number of hydrogen-bond donors (Lipinski definition) is 2. The topological polar surface area (TPSA) is 109 Å². The van der Waals surface area contributed by atoms with E-state index < -0.39 is 11.7 Å². The van der Waals surface area contributed by atoms with Crippen molar-refractivity contribution in [2.45, 2.75) is 64.8 Å². The number of rotatable bonds is 6. The molecular formula is C28H35N3O4. The number of aliphatic hydroxyl groups is 1. The molecule has 2 aromatic carbocycles. The first kappa shape index (κ1) is 26.1. The van der Waals surface area contributed by atoms with Crippen LogP contribution in [0.15, 0.2) is 42.5 Å². The molecule has 1 fully saturated rings. The number of benzene rings is 2. The summed E-state index contributed by atoms with van der Waals surface area (Å²) in [5.41, 5.74) is 9.50. The summed E-state index contributed by atoms with van der Waals surface area (Å²) in [4.78, 5) is 14.0. The van der Waals surface area contributed by atoms with E-state index in [4.69, 9.17) is 20.5 Å². The van der Waals surface area contributed by atoms with Crippen LogP contribution in [-0.2, 0) is 11.2 Å². The molecule has 186 valence electrons. The van der Waals surface area contributed by atoms with Crippen LogP contribution in [0, 0.1) is 18.3 Å². The van der Waals surface area contributed by atoms with Crippen molar-refractivity contribution < 1.29 is 19.4 Å². The molecule has 1 aliphatic rings. The van der Waals surface area contributed by atoms with E-state index in [1.54, 1.807) is 35.3 Å². The van der Waals surface area contributed by atoms with Gasteiger partial charge in [-0.05, 0) is 68.7 Å². The molecule has 1 heterocycles. The summed E-state index contributed by atoms with van der Waals surface area (Å²) in [5, 5.41) is 19.7. The van der Waals surface area contributed by atoms with Crippen LogP contribution in [0.1, 0.15) is 55.9 Å². The van der Waals surface area contributed by atoms with Gasteiger partial charge in [-0.15, -0.1) is 0 Å². The molecule has 0 radical (unpaired) electrons. The number of nitriles is 1. The molecule has 0 aromatic heterocycles. The van der Waals surface area contributed by atoms with Gasteiger partial charge in [-0.2, -0.15) is 5.26 Å². The lowest BCUT2D eigenvalue weighted by Crippen LogP contribution is -2.44. The maximum atomic E-state index is 12.3. The summed E-state index contributed by atoms with van der Waals surface area (Å²) in [6, 6.07) is 13.0. The highest BCUT2D eigenvalue weighted by Gasteiger charge is 2.28. The molecule has 3 N–H and O–H groups in total. The summed E-state index contributed by atoms with van der Waals surface area (Å²) in [5.74, 6) is 0.739. The van der Waals surface area contributed by atoms with Crippen molar-refractivity contribution in [3.63, 3.8) is 0 Å². The Morgan fingerprint density at radius 1 is 1.29 bits per heavy atom. The van der Waals surface area contributed by atoms with Gasteiger partial charge in [0.25, 0.3) is 0 Å². The highest BCUT2D eigenvalue weighted by molar-refractivity contribution is 5.68. The van der Waals surface area contributed by atoms with Crippen molar-refractivity contribution in [1.29, 1.82) is 5.26 Å². The van der Waals surface area contributed by atoms with E-state index in [0.29, 0.717) is 43.6 Å². The van der Waals surface area contributed by atoms with E-state index in [9.17, 15) is 9.90 Å². The summed E-state index contributed by atoms with van der Waals surface area (Å²) in [6.45, 7) is 8.70. The van der Waals surface area contributed by atoms with Crippen LogP contribution in [0.2, 0.25) is 0 Å². The zero-order valence-corrected chi connectivity index (χ0v) is 21.0. The lowest BCUT2D eigenvalue weighted by molar-refractivity contribution is 0.0126. The van der Waals surface area contributed by atoms with Crippen molar-refractivity contribution in [2.24, 2.45) is 0 Å². The number of hydrogen-bond acceptors (Lipinski definition) is 6. The third-order valence-electron chi connectivity index (χ3n) is 5.91. The van der Waals surface area contributed by atoms with E-state index in [1.165, 1.54) is 0 Å². The molecule has 0 saturated carbocycles. The monoisotopic (exact) mass is 477 g/mol. The van der Waals surface area contributed by atoms with Gasteiger partial charge in [-0.1, -0.05) is 24.3 Å². The van der Waals surface area contributed by atoms with Gasteiger partial charge in [0.15, 0.2) is 0 Å². The average Bonchev–Trinajstić information content (AvgIpc) is 2.81. The third kappa shape index (κ3) is 7.49. The Hall–Kier alpha value is -3.50. The molecule has 7 heteroatoms. The number of likely N-dealkylation sites (tertiary alicyclic amines) is 1. The second-order valence-electron chi connectivity index (χ2n) is 9.91. The quantitative estimate of drug-likeness (QED) is 0.576. The molecule has 2 aromatic rings. The van der Waals surface area contributed by atoms with E-state index in [2.05, 4.69) is 6.07 Å². The predicted octanol–water partition coefficient (Wildman–Crippen LogP) is 4.84. The van der Waals surface area contributed by atoms with Crippen molar-refractivity contribution in [1.82, 2.24) is 4.90 Å². The van der Waals surface area contributed by atoms with Gasteiger partial charge >= 0.3 is 6.09 Å². The second kappa shape index (κ2) is 11.3. The smallest absolute Gasteiger partial charge is 0.410 e. The molecule has 7 nitrogen and oxygen atoms in total. The first-order chi connectivity index (χ1) is 16.6. The van der Waals surface area contributed by atoms with Gasteiger partial charge in [-0.3, -0.25) is 0 Å². The standard InChI is InChI=1S/C28H35N3O4/c1-19-24(17-22(32)9-8-20-6-5-7-21(16-20)18-29)25(30)10-11-26(19)34-23-12-14-31(15-13-23)27(33)35-28(2,3)4/h5-11,16,22-23,32H,12-15,17,30H2,1-4H3/b9-8+. The normalized spacial score (nSPS) is 15.6. The van der Waals surface area contributed by atoms with E-state index >= 15 is 0 Å². The van der Waals surface area contributed by atoms with Gasteiger partial charge in [-0.25, -0.2) is 4.79 Å². The number of nitrogens with zero attached hydrogens (tertiary/aromatic N) is 2. The zero-order valence-electron chi connectivity index (χ0n) is 21.0. The number of carbonyl (C=O) groups excluding carboxylic acids is 1. The summed E-state index contributed by atoms with van der Waals surface area (Å²) in [6.07, 6.45) is 4.24. The Balaban J connectivity index is 1.61. The Morgan fingerprint density at radius 3 is 2.66 bits per heavy atom. The number of nitrogen functional groups attached to an aromatic ring is 1. The number of ether oxygens (including phenoxy) is 2. The molecule has 1 atom stereocenters. The fourth-order valence-electron chi connectivity index (χ4n) is 4.03. The first-order valence-electron chi connectivity index (χ1n) is 11.9. The number of carbonyl (C=O) groups is 1. The number of aliphatic hydroxyl groups excluding tert-OH is 1. The minimum Gasteiger partial charge on any atom is -0.490 e. The summed E-state index contributed by atoms with van der Waals surface area (Å²) < 4.78 is 11.7. The summed E-state index contributed by atoms with van der Waals surface area (Å²) in [7, 11) is 0. The number of amides is 1. The highest BCUT2D eigenvalue weighted by atomic mass is 16.6. The third-order valence-corrected chi connectivity index (χ3v) is 5.91. The molecule has 1 saturated heterocycles. The van der Waals surface area contributed by atoms with Crippen LogP contribution >= 0.6 is 0 Å². The van der Waals surface area contributed by atoms with Crippen LogP contribution in [0.4, 0.5) is 10.5 Å². The molecule has 0 spiro atoms. The fraction of sp³-hybridized carbons (Fsp3) is 0.429. The Bertz CT molecular complexity index is 1110. The highest BCUT2D eigenvalue weighted by Crippen LogP contribution is 2.30. The lowest BCUT2D eigenvalue weighted by Gasteiger charge is -2.34. The van der Waals surface area contributed by atoms with Crippen molar-refractivity contribution in [3.8, 4) is 11.8 Å². The average molecular weight is 478 g/mol. The van der Waals surface area contributed by atoms with Crippen LogP contribution in [0.3, 0.4) is 0 Å². The van der Waals surface area contributed by atoms with Crippen LogP contribution < -0.4 is 10.5 Å². The van der Waals surface area contributed by atoms with Crippen LogP contribution in [0.5, 0.6) is 5.75 Å². The Labute approximate surface area is 207 Å². The molecule has 35 heavy (non-hydrogen) atoms. The van der Waals surface area contributed by atoms with Crippen LogP contribution in [0.25, 0.3) is 6.08 Å². The van der Waals surface area contributed by atoms with Crippen LogP contribution in [-0.4, -0.2) is 47.0 Å². The maximum absolute atomic E-state index is 12.3. The fourth-order valence-corrected chi connectivity index (χ4v) is 4.03. The minimum absolute atomic E-state index is 0.0129. The minimum atomic E-state index is -0.742. The largest absolute Gasteiger partial charge is 0.490 e. The van der Waals surface area contributed by atoms with E-state index in [0.717, 1.165) is 22.4 Å². The lowest BCUT2D eigenvalue weighted by atomic mass is 9.98. The number of nitrogens with two attached hydrogens (primary N) is 1. The number of piperidine rings is 1. The van der Waals surface area contributed by atoms with Gasteiger partial charge in [0, 0.05) is 38.0 Å². The predicted molar refractivity (Wildman–Crippen MR) is 137 cm³/mol. The van der Waals surface area contributed by atoms with Crippen molar-refractivity contribution in [3.05, 3.63) is 64.7 Å². The molecule has 0 aliphatic carbocycles. The Morgan fingerprint density at radius 2 is 2.00 bits per heavy atom. The van der Waals surface area contributed by atoms with Gasteiger partial charge < -0.3 is 25.2 Å².